The predicted molar refractivity (Wildman–Crippen MR) is 85.9 cm³/mol. The van der Waals surface area contributed by atoms with Crippen molar-refractivity contribution < 1.29 is 13.2 Å². The number of sulfonamides is 1. The average molecular weight is 310 g/mol. The number of benzene rings is 1. The lowest BCUT2D eigenvalue weighted by molar-refractivity contribution is -0.121. The van der Waals surface area contributed by atoms with Gasteiger partial charge in [-0.3, -0.25) is 9.10 Å². The number of nitrogens with one attached hydrogen (secondary N) is 1. The van der Waals surface area contributed by atoms with Gasteiger partial charge in [0.1, 0.15) is 6.04 Å². The van der Waals surface area contributed by atoms with Crippen LogP contribution in [-0.2, 0) is 14.8 Å². The SMILES string of the molecule is C=CCNC(=O)[C@@H](C)N(c1cc(C)cc(C)c1)S(C)(=O)=O. The average Bonchev–Trinajstić information content (AvgIpc) is 2.32. The third kappa shape index (κ3) is 4.60. The summed E-state index contributed by atoms with van der Waals surface area (Å²) in [5.41, 5.74) is 2.38. The van der Waals surface area contributed by atoms with E-state index in [0.717, 1.165) is 21.7 Å². The van der Waals surface area contributed by atoms with Gasteiger partial charge in [0.2, 0.25) is 15.9 Å². The van der Waals surface area contributed by atoms with Gasteiger partial charge in [-0.15, -0.1) is 6.58 Å². The van der Waals surface area contributed by atoms with Crippen LogP contribution in [0.25, 0.3) is 0 Å². The Balaban J connectivity index is 3.24. The van der Waals surface area contributed by atoms with Crippen molar-refractivity contribution >= 4 is 21.6 Å². The van der Waals surface area contributed by atoms with Gasteiger partial charge in [-0.05, 0) is 44.0 Å². The first-order chi connectivity index (χ1) is 9.66. The highest BCUT2D eigenvalue weighted by Crippen LogP contribution is 2.23. The van der Waals surface area contributed by atoms with Crippen molar-refractivity contribution in [2.45, 2.75) is 26.8 Å². The summed E-state index contributed by atoms with van der Waals surface area (Å²) in [6.07, 6.45) is 2.65. The van der Waals surface area contributed by atoms with Gasteiger partial charge in [0.05, 0.1) is 11.9 Å². The highest BCUT2D eigenvalue weighted by Gasteiger charge is 2.28. The fraction of sp³-hybridized carbons (Fsp3) is 0.400. The second-order valence-corrected chi connectivity index (χ2v) is 6.97. The molecule has 0 fully saturated rings. The summed E-state index contributed by atoms with van der Waals surface area (Å²) in [7, 11) is -3.57. The van der Waals surface area contributed by atoms with Gasteiger partial charge in [0.15, 0.2) is 0 Å². The molecule has 6 heteroatoms. The van der Waals surface area contributed by atoms with E-state index in [1.165, 1.54) is 0 Å². The number of aryl methyl sites for hydroxylation is 2. The van der Waals surface area contributed by atoms with E-state index in [9.17, 15) is 13.2 Å². The molecular weight excluding hydrogens is 288 g/mol. The molecule has 1 atom stereocenters. The molecule has 0 heterocycles. The molecule has 0 saturated carbocycles. The molecule has 1 amide bonds. The standard InChI is InChI=1S/C15H22N2O3S/c1-6-7-16-15(18)13(4)17(21(5,19)20)14-9-11(2)8-12(3)10-14/h6,8-10,13H,1,7H2,2-5H3,(H,16,18)/t13-/m1/s1. The van der Waals surface area contributed by atoms with Gasteiger partial charge >= 0.3 is 0 Å². The Morgan fingerprint density at radius 3 is 2.29 bits per heavy atom. The van der Waals surface area contributed by atoms with Gasteiger partial charge < -0.3 is 5.32 Å². The summed E-state index contributed by atoms with van der Waals surface area (Å²) < 4.78 is 25.3. The van der Waals surface area contributed by atoms with Crippen LogP contribution in [0.1, 0.15) is 18.1 Å². The zero-order chi connectivity index (χ0) is 16.2. The fourth-order valence-electron chi connectivity index (χ4n) is 2.21. The van der Waals surface area contributed by atoms with Crippen LogP contribution >= 0.6 is 0 Å². The zero-order valence-corrected chi connectivity index (χ0v) is 13.7. The van der Waals surface area contributed by atoms with E-state index < -0.39 is 16.1 Å². The molecule has 0 aliphatic rings. The molecule has 0 spiro atoms. The summed E-state index contributed by atoms with van der Waals surface area (Å²) in [6, 6.07) is 4.63. The summed E-state index contributed by atoms with van der Waals surface area (Å²) in [4.78, 5) is 12.1. The molecule has 1 aromatic rings. The maximum atomic E-state index is 12.1. The molecule has 1 N–H and O–H groups in total. The third-order valence-corrected chi connectivity index (χ3v) is 4.21. The molecule has 116 valence electrons. The van der Waals surface area contributed by atoms with Crippen molar-refractivity contribution in [2.75, 3.05) is 17.1 Å². The van der Waals surface area contributed by atoms with E-state index in [-0.39, 0.29) is 5.91 Å². The van der Waals surface area contributed by atoms with Crippen LogP contribution in [-0.4, -0.2) is 33.2 Å². The van der Waals surface area contributed by atoms with Gasteiger partial charge in [0, 0.05) is 6.54 Å². The topological polar surface area (TPSA) is 66.5 Å². The number of carbonyl (C=O) groups excluding carboxylic acids is 1. The van der Waals surface area contributed by atoms with E-state index in [2.05, 4.69) is 11.9 Å². The lowest BCUT2D eigenvalue weighted by Crippen LogP contribution is -2.48. The van der Waals surface area contributed by atoms with Crippen molar-refractivity contribution in [2.24, 2.45) is 0 Å². The van der Waals surface area contributed by atoms with Crippen LogP contribution in [0.4, 0.5) is 5.69 Å². The van der Waals surface area contributed by atoms with E-state index in [1.807, 2.05) is 19.9 Å². The maximum Gasteiger partial charge on any atom is 0.243 e. The smallest absolute Gasteiger partial charge is 0.243 e. The molecular formula is C15H22N2O3S. The normalized spacial score (nSPS) is 12.6. The monoisotopic (exact) mass is 310 g/mol. The third-order valence-electron chi connectivity index (χ3n) is 2.97. The summed E-state index contributed by atoms with van der Waals surface area (Å²) >= 11 is 0. The number of rotatable bonds is 6. The number of hydrogen-bond acceptors (Lipinski definition) is 3. The number of amides is 1. The van der Waals surface area contributed by atoms with Crippen LogP contribution in [0, 0.1) is 13.8 Å². The molecule has 0 aromatic heterocycles. The Hall–Kier alpha value is -1.82. The quantitative estimate of drug-likeness (QED) is 0.814. The Morgan fingerprint density at radius 2 is 1.86 bits per heavy atom. The second kappa shape index (κ2) is 6.76. The largest absolute Gasteiger partial charge is 0.351 e. The van der Waals surface area contributed by atoms with Crippen molar-refractivity contribution in [3.8, 4) is 0 Å². The molecule has 5 nitrogen and oxygen atoms in total. The summed E-state index contributed by atoms with van der Waals surface area (Å²) in [5.74, 6) is -0.362. The van der Waals surface area contributed by atoms with Gasteiger partial charge in [-0.2, -0.15) is 0 Å². The first-order valence-corrected chi connectivity index (χ1v) is 8.48. The van der Waals surface area contributed by atoms with Crippen molar-refractivity contribution in [3.63, 3.8) is 0 Å². The lowest BCUT2D eigenvalue weighted by Gasteiger charge is -2.28. The zero-order valence-electron chi connectivity index (χ0n) is 12.9. The number of hydrogen-bond donors (Lipinski definition) is 1. The molecule has 21 heavy (non-hydrogen) atoms. The van der Waals surface area contributed by atoms with Crippen LogP contribution in [0.3, 0.4) is 0 Å². The molecule has 1 rings (SSSR count). The van der Waals surface area contributed by atoms with Crippen LogP contribution in [0.15, 0.2) is 30.9 Å². The minimum atomic E-state index is -3.57. The highest BCUT2D eigenvalue weighted by molar-refractivity contribution is 7.92. The number of carbonyl (C=O) groups is 1. The molecule has 0 unspecified atom stereocenters. The Morgan fingerprint density at radius 1 is 1.33 bits per heavy atom. The predicted octanol–water partition coefficient (Wildman–Crippen LogP) is 1.76. The second-order valence-electron chi connectivity index (χ2n) is 5.11. The molecule has 0 saturated heterocycles. The first-order valence-electron chi connectivity index (χ1n) is 6.63. The molecule has 0 aliphatic heterocycles. The Kier molecular flexibility index (Phi) is 5.54. The van der Waals surface area contributed by atoms with E-state index in [1.54, 1.807) is 25.1 Å². The molecule has 0 radical (unpaired) electrons. The van der Waals surface area contributed by atoms with Gasteiger partial charge in [-0.25, -0.2) is 8.42 Å². The maximum absolute atomic E-state index is 12.1. The minimum absolute atomic E-state index is 0.299. The van der Waals surface area contributed by atoms with Crippen molar-refractivity contribution in [1.82, 2.24) is 5.32 Å². The minimum Gasteiger partial charge on any atom is -0.351 e. The Labute approximate surface area is 126 Å². The number of anilines is 1. The fourth-order valence-corrected chi connectivity index (χ4v) is 3.37. The van der Waals surface area contributed by atoms with Gasteiger partial charge in [-0.1, -0.05) is 12.1 Å². The van der Waals surface area contributed by atoms with Gasteiger partial charge in [0.25, 0.3) is 0 Å². The number of nitrogens with zero attached hydrogens (tertiary/aromatic N) is 1. The van der Waals surface area contributed by atoms with Crippen molar-refractivity contribution in [1.29, 1.82) is 0 Å². The summed E-state index contributed by atoms with van der Waals surface area (Å²) in [5, 5.41) is 2.62. The summed E-state index contributed by atoms with van der Waals surface area (Å²) in [6.45, 7) is 9.16. The van der Waals surface area contributed by atoms with E-state index in [4.69, 9.17) is 0 Å². The van der Waals surface area contributed by atoms with Crippen molar-refractivity contribution in [3.05, 3.63) is 42.0 Å². The first kappa shape index (κ1) is 17.2. The van der Waals surface area contributed by atoms with E-state index >= 15 is 0 Å². The molecule has 0 aliphatic carbocycles. The van der Waals surface area contributed by atoms with Crippen LogP contribution in [0.5, 0.6) is 0 Å². The Bertz CT molecular complexity index is 618. The highest BCUT2D eigenvalue weighted by atomic mass is 32.2. The van der Waals surface area contributed by atoms with Crippen LogP contribution < -0.4 is 9.62 Å². The molecule has 1 aromatic carbocycles. The van der Waals surface area contributed by atoms with Crippen LogP contribution in [0.2, 0.25) is 0 Å². The molecule has 0 bridgehead atoms. The van der Waals surface area contributed by atoms with E-state index in [0.29, 0.717) is 12.2 Å². The lowest BCUT2D eigenvalue weighted by atomic mass is 10.1.